The van der Waals surface area contributed by atoms with Crippen molar-refractivity contribution in [2.24, 2.45) is 0 Å². The molecule has 1 aromatic carbocycles. The quantitative estimate of drug-likeness (QED) is 0.134. The zero-order valence-corrected chi connectivity index (χ0v) is 26.9. The molecule has 9 nitrogen and oxygen atoms in total. The third kappa shape index (κ3) is 13.6. The molecule has 42 heavy (non-hydrogen) atoms. The molecule has 234 valence electrons. The van der Waals surface area contributed by atoms with Crippen LogP contribution in [0.4, 0.5) is 4.79 Å². The minimum Gasteiger partial charge on any atom is -0.466 e. The molecule has 1 rings (SSSR count). The van der Waals surface area contributed by atoms with Gasteiger partial charge in [-0.1, -0.05) is 56.7 Å². The number of esters is 1. The van der Waals surface area contributed by atoms with Gasteiger partial charge in [0.05, 0.1) is 13.0 Å². The predicted octanol–water partition coefficient (Wildman–Crippen LogP) is 5.22. The van der Waals surface area contributed by atoms with Crippen molar-refractivity contribution in [2.75, 3.05) is 31.7 Å². The van der Waals surface area contributed by atoms with E-state index in [0.717, 1.165) is 25.7 Å². The second kappa shape index (κ2) is 19.8. The molecule has 2 unspecified atom stereocenters. The van der Waals surface area contributed by atoms with Crippen LogP contribution in [-0.4, -0.2) is 72.1 Å². The van der Waals surface area contributed by atoms with Crippen molar-refractivity contribution in [2.45, 2.75) is 97.2 Å². The van der Waals surface area contributed by atoms with Gasteiger partial charge in [-0.2, -0.15) is 11.8 Å². The SMILES string of the molecule is C#Cc1ccccc1C(C(=O)NCCC(=O)OCC)N(CCCCCCC)C(=O)C(CCSC)NC(=O)OC(C)(C)C. The predicted molar refractivity (Wildman–Crippen MR) is 168 cm³/mol. The van der Waals surface area contributed by atoms with Crippen LogP contribution < -0.4 is 10.6 Å². The van der Waals surface area contributed by atoms with E-state index in [-0.39, 0.29) is 26.1 Å². The number of hydrogen-bond donors (Lipinski definition) is 2. The van der Waals surface area contributed by atoms with Gasteiger partial charge in [-0.15, -0.1) is 6.42 Å². The number of ether oxygens (including phenoxy) is 2. The minimum atomic E-state index is -1.07. The second-order valence-electron chi connectivity index (χ2n) is 10.9. The normalized spacial score (nSPS) is 12.4. The first-order chi connectivity index (χ1) is 20.0. The number of terminal acetylenes is 1. The number of benzene rings is 1. The summed E-state index contributed by atoms with van der Waals surface area (Å²) in [6, 6.07) is 5.01. The van der Waals surface area contributed by atoms with Gasteiger partial charge in [-0.3, -0.25) is 14.4 Å². The van der Waals surface area contributed by atoms with Crippen molar-refractivity contribution in [3.8, 4) is 12.3 Å². The zero-order chi connectivity index (χ0) is 31.5. The van der Waals surface area contributed by atoms with Gasteiger partial charge in [0, 0.05) is 18.7 Å². The van der Waals surface area contributed by atoms with Gasteiger partial charge in [0.2, 0.25) is 11.8 Å². The highest BCUT2D eigenvalue weighted by Crippen LogP contribution is 2.27. The number of hydrogen-bond acceptors (Lipinski definition) is 7. The maximum atomic E-state index is 14.3. The van der Waals surface area contributed by atoms with Crippen molar-refractivity contribution >= 4 is 35.6 Å². The molecule has 0 bridgehead atoms. The third-order valence-electron chi connectivity index (χ3n) is 6.29. The van der Waals surface area contributed by atoms with Gasteiger partial charge in [-0.05, 0) is 64.2 Å². The monoisotopic (exact) mass is 603 g/mol. The molecule has 3 amide bonds. The first-order valence-electron chi connectivity index (χ1n) is 14.8. The number of nitrogens with one attached hydrogen (secondary N) is 2. The molecule has 0 aliphatic carbocycles. The van der Waals surface area contributed by atoms with Gasteiger partial charge in [0.25, 0.3) is 0 Å². The van der Waals surface area contributed by atoms with E-state index in [1.807, 2.05) is 6.26 Å². The Morgan fingerprint density at radius 3 is 2.38 bits per heavy atom. The molecule has 0 saturated heterocycles. The fraction of sp³-hybridized carbons (Fsp3) is 0.625. The van der Waals surface area contributed by atoms with Crippen LogP contribution in [0.25, 0.3) is 0 Å². The van der Waals surface area contributed by atoms with E-state index in [1.165, 1.54) is 4.90 Å². The lowest BCUT2D eigenvalue weighted by atomic mass is 9.96. The summed E-state index contributed by atoms with van der Waals surface area (Å²) in [5.74, 6) is 1.94. The van der Waals surface area contributed by atoms with E-state index in [2.05, 4.69) is 23.5 Å². The molecule has 0 heterocycles. The summed E-state index contributed by atoms with van der Waals surface area (Å²) in [5.41, 5.74) is 0.229. The Kier molecular flexibility index (Phi) is 17.4. The molecule has 0 spiro atoms. The summed E-state index contributed by atoms with van der Waals surface area (Å²) in [4.78, 5) is 54.3. The summed E-state index contributed by atoms with van der Waals surface area (Å²) in [6.45, 7) is 9.66. The van der Waals surface area contributed by atoms with E-state index < -0.39 is 41.6 Å². The number of alkyl carbamates (subject to hydrolysis) is 1. The van der Waals surface area contributed by atoms with E-state index in [0.29, 0.717) is 29.7 Å². The average Bonchev–Trinajstić information content (AvgIpc) is 2.93. The maximum absolute atomic E-state index is 14.3. The number of carbonyl (C=O) groups is 4. The number of unbranched alkanes of at least 4 members (excludes halogenated alkanes) is 4. The molecule has 0 aromatic heterocycles. The molecular formula is C32H49N3O6S. The fourth-order valence-corrected chi connectivity index (χ4v) is 4.80. The molecule has 0 radical (unpaired) electrons. The molecule has 2 atom stereocenters. The highest BCUT2D eigenvalue weighted by molar-refractivity contribution is 7.98. The number of nitrogens with zero attached hydrogens (tertiary/aromatic N) is 1. The summed E-state index contributed by atoms with van der Waals surface area (Å²) in [7, 11) is 0. The molecule has 0 aliphatic rings. The molecule has 2 N–H and O–H groups in total. The van der Waals surface area contributed by atoms with Crippen molar-refractivity contribution in [1.82, 2.24) is 15.5 Å². The van der Waals surface area contributed by atoms with Crippen LogP contribution in [0.2, 0.25) is 0 Å². The van der Waals surface area contributed by atoms with Crippen molar-refractivity contribution < 1.29 is 28.7 Å². The van der Waals surface area contributed by atoms with E-state index in [1.54, 1.807) is 63.7 Å². The summed E-state index contributed by atoms with van der Waals surface area (Å²) in [6.07, 6.45) is 12.1. The van der Waals surface area contributed by atoms with Crippen LogP contribution in [0.5, 0.6) is 0 Å². The number of thioether (sulfide) groups is 1. The average molecular weight is 604 g/mol. The van der Waals surface area contributed by atoms with Gasteiger partial charge in [-0.25, -0.2) is 4.79 Å². The van der Waals surface area contributed by atoms with Crippen LogP contribution in [-0.2, 0) is 23.9 Å². The smallest absolute Gasteiger partial charge is 0.408 e. The highest BCUT2D eigenvalue weighted by Gasteiger charge is 2.36. The van der Waals surface area contributed by atoms with Crippen molar-refractivity contribution in [3.05, 3.63) is 35.4 Å². The Hall–Kier alpha value is -3.19. The summed E-state index contributed by atoms with van der Waals surface area (Å²) >= 11 is 1.55. The van der Waals surface area contributed by atoms with Gasteiger partial charge >= 0.3 is 12.1 Å². The van der Waals surface area contributed by atoms with Gasteiger partial charge < -0.3 is 25.0 Å². The Balaban J connectivity index is 3.50. The largest absolute Gasteiger partial charge is 0.466 e. The van der Waals surface area contributed by atoms with Crippen LogP contribution in [0.1, 0.15) is 96.7 Å². The zero-order valence-electron chi connectivity index (χ0n) is 26.1. The molecule has 0 saturated carbocycles. The lowest BCUT2D eigenvalue weighted by Crippen LogP contribution is -2.53. The molecule has 0 fully saturated rings. The number of carbonyl (C=O) groups excluding carboxylic acids is 4. The minimum absolute atomic E-state index is 0.00933. The Morgan fingerprint density at radius 1 is 1.07 bits per heavy atom. The van der Waals surface area contributed by atoms with Crippen molar-refractivity contribution in [3.63, 3.8) is 0 Å². The van der Waals surface area contributed by atoms with E-state index >= 15 is 0 Å². The Morgan fingerprint density at radius 2 is 1.76 bits per heavy atom. The maximum Gasteiger partial charge on any atom is 0.408 e. The topological polar surface area (TPSA) is 114 Å². The summed E-state index contributed by atoms with van der Waals surface area (Å²) < 4.78 is 10.4. The lowest BCUT2D eigenvalue weighted by Gasteiger charge is -2.35. The van der Waals surface area contributed by atoms with E-state index in [9.17, 15) is 19.2 Å². The van der Waals surface area contributed by atoms with Gasteiger partial charge in [0.15, 0.2) is 0 Å². The van der Waals surface area contributed by atoms with Crippen LogP contribution in [0, 0.1) is 12.3 Å². The number of amides is 3. The molecule has 0 aliphatic heterocycles. The van der Waals surface area contributed by atoms with Gasteiger partial charge in [0.1, 0.15) is 17.7 Å². The van der Waals surface area contributed by atoms with Crippen LogP contribution in [0.15, 0.2) is 24.3 Å². The van der Waals surface area contributed by atoms with E-state index in [4.69, 9.17) is 15.9 Å². The highest BCUT2D eigenvalue weighted by atomic mass is 32.2. The lowest BCUT2D eigenvalue weighted by molar-refractivity contribution is -0.144. The van der Waals surface area contributed by atoms with Crippen molar-refractivity contribution in [1.29, 1.82) is 0 Å². The first-order valence-corrected chi connectivity index (χ1v) is 16.2. The Labute approximate surface area is 256 Å². The summed E-state index contributed by atoms with van der Waals surface area (Å²) in [5, 5.41) is 5.55. The number of rotatable bonds is 18. The van der Waals surface area contributed by atoms with Crippen LogP contribution in [0.3, 0.4) is 0 Å². The third-order valence-corrected chi connectivity index (χ3v) is 6.93. The second-order valence-corrected chi connectivity index (χ2v) is 11.9. The molecular weight excluding hydrogens is 554 g/mol. The van der Waals surface area contributed by atoms with Crippen LogP contribution >= 0.6 is 11.8 Å². The standard InChI is InChI=1S/C32H49N3O6S/c1-8-11-12-13-16-22-35(30(38)26(20-23-42-7)34-31(39)41-32(4,5)6)28(25-18-15-14-17-24(25)9-2)29(37)33-21-19-27(36)40-10-3/h2,14-15,17-18,26,28H,8,10-13,16,19-23H2,1,3-7H3,(H,33,37)(H,34,39). The molecule has 1 aromatic rings. The molecule has 10 heteroatoms. The fourth-order valence-electron chi connectivity index (χ4n) is 4.33. The Bertz CT molecular complexity index is 1050. The first kappa shape index (κ1) is 36.8.